The van der Waals surface area contributed by atoms with Crippen LogP contribution in [0.4, 0.5) is 4.39 Å². The van der Waals surface area contributed by atoms with Crippen molar-refractivity contribution in [3.8, 4) is 5.75 Å². The van der Waals surface area contributed by atoms with Crippen molar-refractivity contribution < 1.29 is 17.5 Å². The zero-order chi connectivity index (χ0) is 14.6. The fourth-order valence-electron chi connectivity index (χ4n) is 1.30. The molecule has 2 N–H and O–H groups in total. The molecule has 19 heavy (non-hydrogen) atoms. The maximum Gasteiger partial charge on any atom is 0.155 e. The second-order valence-electron chi connectivity index (χ2n) is 4.27. The molecule has 0 saturated carbocycles. The van der Waals surface area contributed by atoms with Gasteiger partial charge in [0, 0.05) is 11.6 Å². The lowest BCUT2D eigenvalue weighted by molar-refractivity contribution is 0.338. The summed E-state index contributed by atoms with van der Waals surface area (Å²) < 4.78 is 41.8. The van der Waals surface area contributed by atoms with Crippen LogP contribution in [0.25, 0.3) is 0 Å². The third-order valence-corrected chi connectivity index (χ3v) is 4.95. The predicted octanol–water partition coefficient (Wildman–Crippen LogP) is 1.66. The zero-order valence-corrected chi connectivity index (χ0v) is 12.4. The molecule has 7 heteroatoms. The van der Waals surface area contributed by atoms with Crippen LogP contribution in [0.3, 0.4) is 0 Å². The van der Waals surface area contributed by atoms with E-state index < -0.39 is 20.9 Å². The standard InChI is InChI=1S/C12H16FNO3S2/c1-8(2)19(15,16)6-5-17-9-3-4-10(12(14)18)11(13)7-9/h3-4,7-8H,5-6H2,1-2H3,(H2,14,18). The summed E-state index contributed by atoms with van der Waals surface area (Å²) in [5.41, 5.74) is 5.46. The van der Waals surface area contributed by atoms with Gasteiger partial charge in [-0.3, -0.25) is 0 Å². The van der Waals surface area contributed by atoms with Gasteiger partial charge < -0.3 is 10.5 Å². The molecule has 0 heterocycles. The van der Waals surface area contributed by atoms with Crippen LogP contribution in [0.2, 0.25) is 0 Å². The van der Waals surface area contributed by atoms with Crippen LogP contribution in [-0.2, 0) is 9.84 Å². The molecule has 0 amide bonds. The first-order valence-electron chi connectivity index (χ1n) is 5.68. The molecule has 0 saturated heterocycles. The SMILES string of the molecule is CC(C)S(=O)(=O)CCOc1ccc(C(N)=S)c(F)c1. The third-order valence-electron chi connectivity index (χ3n) is 2.56. The number of benzene rings is 1. The quantitative estimate of drug-likeness (QED) is 0.810. The van der Waals surface area contributed by atoms with E-state index in [1.54, 1.807) is 13.8 Å². The molecule has 0 spiro atoms. The molecular formula is C12H16FNO3S2. The molecule has 1 aromatic rings. The molecule has 0 aliphatic carbocycles. The highest BCUT2D eigenvalue weighted by molar-refractivity contribution is 7.92. The van der Waals surface area contributed by atoms with E-state index in [-0.39, 0.29) is 28.7 Å². The molecule has 0 aliphatic heterocycles. The van der Waals surface area contributed by atoms with Gasteiger partial charge in [-0.2, -0.15) is 0 Å². The van der Waals surface area contributed by atoms with E-state index in [2.05, 4.69) is 12.2 Å². The number of nitrogens with two attached hydrogens (primary N) is 1. The first kappa shape index (κ1) is 15.8. The van der Waals surface area contributed by atoms with Crippen molar-refractivity contribution in [2.24, 2.45) is 5.73 Å². The Balaban J connectivity index is 2.65. The molecule has 0 fully saturated rings. The summed E-state index contributed by atoms with van der Waals surface area (Å²) >= 11 is 4.68. The summed E-state index contributed by atoms with van der Waals surface area (Å²) in [4.78, 5) is -0.0357. The average Bonchev–Trinajstić information content (AvgIpc) is 2.28. The highest BCUT2D eigenvalue weighted by atomic mass is 32.2. The molecule has 0 bridgehead atoms. The lowest BCUT2D eigenvalue weighted by atomic mass is 10.2. The fourth-order valence-corrected chi connectivity index (χ4v) is 2.25. The van der Waals surface area contributed by atoms with Gasteiger partial charge in [-0.1, -0.05) is 12.2 Å². The summed E-state index contributed by atoms with van der Waals surface area (Å²) in [5, 5.41) is -0.454. The number of halogens is 1. The molecule has 106 valence electrons. The minimum Gasteiger partial charge on any atom is -0.492 e. The maximum atomic E-state index is 13.5. The minimum absolute atomic E-state index is 0.0215. The minimum atomic E-state index is -3.16. The zero-order valence-electron chi connectivity index (χ0n) is 10.7. The molecule has 0 aliphatic rings. The van der Waals surface area contributed by atoms with E-state index in [0.29, 0.717) is 0 Å². The summed E-state index contributed by atoms with van der Waals surface area (Å²) in [5.74, 6) is -0.447. The summed E-state index contributed by atoms with van der Waals surface area (Å²) in [6.07, 6.45) is 0. The average molecular weight is 305 g/mol. The van der Waals surface area contributed by atoms with E-state index in [4.69, 9.17) is 10.5 Å². The van der Waals surface area contributed by atoms with Gasteiger partial charge in [-0.25, -0.2) is 12.8 Å². The molecule has 0 unspecified atom stereocenters. The van der Waals surface area contributed by atoms with Crippen molar-refractivity contribution in [1.82, 2.24) is 0 Å². The fraction of sp³-hybridized carbons (Fsp3) is 0.417. The van der Waals surface area contributed by atoms with Crippen molar-refractivity contribution >= 4 is 27.0 Å². The van der Waals surface area contributed by atoms with Crippen LogP contribution >= 0.6 is 12.2 Å². The molecule has 1 aromatic carbocycles. The van der Waals surface area contributed by atoms with Gasteiger partial charge in [-0.15, -0.1) is 0 Å². The van der Waals surface area contributed by atoms with Crippen LogP contribution in [-0.4, -0.2) is 31.0 Å². The molecular weight excluding hydrogens is 289 g/mol. The highest BCUT2D eigenvalue weighted by Crippen LogP contribution is 2.17. The molecule has 4 nitrogen and oxygen atoms in total. The van der Waals surface area contributed by atoms with Crippen molar-refractivity contribution in [3.63, 3.8) is 0 Å². The Morgan fingerprint density at radius 1 is 1.47 bits per heavy atom. The van der Waals surface area contributed by atoms with Gasteiger partial charge in [0.1, 0.15) is 23.2 Å². The lowest BCUT2D eigenvalue weighted by Gasteiger charge is -2.10. The van der Waals surface area contributed by atoms with Crippen LogP contribution in [0.15, 0.2) is 18.2 Å². The van der Waals surface area contributed by atoms with Crippen molar-refractivity contribution in [2.75, 3.05) is 12.4 Å². The normalized spacial score (nSPS) is 11.6. The Morgan fingerprint density at radius 3 is 2.58 bits per heavy atom. The largest absolute Gasteiger partial charge is 0.492 e. The van der Waals surface area contributed by atoms with Crippen LogP contribution in [0.5, 0.6) is 5.75 Å². The van der Waals surface area contributed by atoms with Gasteiger partial charge in [0.15, 0.2) is 9.84 Å². The Bertz CT molecular complexity index is 570. The Kier molecular flexibility index (Phi) is 5.25. The summed E-state index contributed by atoms with van der Waals surface area (Å²) in [6.45, 7) is 3.18. The van der Waals surface area contributed by atoms with E-state index >= 15 is 0 Å². The van der Waals surface area contributed by atoms with Gasteiger partial charge in [0.2, 0.25) is 0 Å². The summed E-state index contributed by atoms with van der Waals surface area (Å²) in [7, 11) is -3.16. The van der Waals surface area contributed by atoms with Crippen molar-refractivity contribution in [2.45, 2.75) is 19.1 Å². The monoisotopic (exact) mass is 305 g/mol. The first-order chi connectivity index (χ1) is 8.74. The second-order valence-corrected chi connectivity index (χ2v) is 7.39. The number of sulfone groups is 1. The predicted molar refractivity (Wildman–Crippen MR) is 76.7 cm³/mol. The van der Waals surface area contributed by atoms with Gasteiger partial charge in [-0.05, 0) is 26.0 Å². The topological polar surface area (TPSA) is 69.4 Å². The number of thiocarbonyl (C=S) groups is 1. The van der Waals surface area contributed by atoms with Gasteiger partial charge in [0.25, 0.3) is 0 Å². The number of hydrogen-bond acceptors (Lipinski definition) is 4. The Labute approximate surface area is 117 Å². The Morgan fingerprint density at radius 2 is 2.11 bits per heavy atom. The van der Waals surface area contributed by atoms with Crippen LogP contribution in [0.1, 0.15) is 19.4 Å². The van der Waals surface area contributed by atoms with Crippen LogP contribution < -0.4 is 10.5 Å². The molecule has 0 atom stereocenters. The molecule has 1 rings (SSSR count). The van der Waals surface area contributed by atoms with Gasteiger partial charge >= 0.3 is 0 Å². The van der Waals surface area contributed by atoms with Crippen LogP contribution in [0, 0.1) is 5.82 Å². The third kappa shape index (κ3) is 4.43. The summed E-state index contributed by atoms with van der Waals surface area (Å²) in [6, 6.07) is 4.04. The highest BCUT2D eigenvalue weighted by Gasteiger charge is 2.16. The van der Waals surface area contributed by atoms with E-state index in [1.807, 2.05) is 0 Å². The second kappa shape index (κ2) is 6.29. The molecule has 0 aromatic heterocycles. The van der Waals surface area contributed by atoms with Crippen molar-refractivity contribution in [1.29, 1.82) is 0 Å². The van der Waals surface area contributed by atoms with E-state index in [9.17, 15) is 12.8 Å². The smallest absolute Gasteiger partial charge is 0.155 e. The van der Waals surface area contributed by atoms with Gasteiger partial charge in [0.05, 0.1) is 11.0 Å². The Hall–Kier alpha value is -1.21. The number of rotatable bonds is 6. The van der Waals surface area contributed by atoms with E-state index in [0.717, 1.165) is 6.07 Å². The number of ether oxygens (including phenoxy) is 1. The first-order valence-corrected chi connectivity index (χ1v) is 7.80. The number of hydrogen-bond donors (Lipinski definition) is 1. The van der Waals surface area contributed by atoms with E-state index in [1.165, 1.54) is 12.1 Å². The maximum absolute atomic E-state index is 13.5. The lowest BCUT2D eigenvalue weighted by Crippen LogP contribution is -2.22. The molecule has 0 radical (unpaired) electrons. The van der Waals surface area contributed by atoms with Crippen molar-refractivity contribution in [3.05, 3.63) is 29.6 Å².